The van der Waals surface area contributed by atoms with Gasteiger partial charge in [-0.1, -0.05) is 58.4 Å². The van der Waals surface area contributed by atoms with Crippen LogP contribution in [0.4, 0.5) is 5.69 Å². The Labute approximate surface area is 232 Å². The van der Waals surface area contributed by atoms with Crippen LogP contribution in [0.1, 0.15) is 26.3 Å². The van der Waals surface area contributed by atoms with Crippen LogP contribution in [0.3, 0.4) is 0 Å². The number of para-hydroxylation sites is 2. The van der Waals surface area contributed by atoms with Crippen LogP contribution < -0.4 is 14.4 Å². The molecule has 0 bridgehead atoms. The zero-order chi connectivity index (χ0) is 27.9. The minimum atomic E-state index is -4.16. The smallest absolute Gasteiger partial charge is 0.264 e. The second kappa shape index (κ2) is 12.9. The first-order valence-corrected chi connectivity index (χ1v) is 14.3. The van der Waals surface area contributed by atoms with Crippen molar-refractivity contribution in [3.8, 4) is 5.75 Å². The first-order valence-electron chi connectivity index (χ1n) is 12.1. The normalized spacial score (nSPS) is 12.1. The number of ether oxygens (including phenoxy) is 1. The fourth-order valence-electron chi connectivity index (χ4n) is 3.84. The molecule has 3 aromatic rings. The van der Waals surface area contributed by atoms with E-state index in [-0.39, 0.29) is 29.1 Å². The molecule has 202 valence electrons. The Kier molecular flexibility index (Phi) is 9.93. The molecule has 0 fully saturated rings. The Balaban J connectivity index is 2.05. The average Bonchev–Trinajstić information content (AvgIpc) is 2.90. The summed E-state index contributed by atoms with van der Waals surface area (Å²) in [5.74, 6) is -0.574. The molecule has 38 heavy (non-hydrogen) atoms. The van der Waals surface area contributed by atoms with Gasteiger partial charge in [0.15, 0.2) is 0 Å². The molecule has 3 rings (SSSR count). The molecule has 1 N–H and O–H groups in total. The highest BCUT2D eigenvalue weighted by molar-refractivity contribution is 9.10. The molecule has 0 spiro atoms. The zero-order valence-corrected chi connectivity index (χ0v) is 24.2. The van der Waals surface area contributed by atoms with E-state index in [1.807, 2.05) is 38.1 Å². The lowest BCUT2D eigenvalue weighted by atomic mass is 10.1. The summed E-state index contributed by atoms with van der Waals surface area (Å²) < 4.78 is 35.0. The van der Waals surface area contributed by atoms with Gasteiger partial charge in [0.25, 0.3) is 10.0 Å². The van der Waals surface area contributed by atoms with Crippen LogP contribution in [-0.2, 0) is 26.2 Å². The SMILES string of the molecule is COc1ccccc1N(CC(=O)N(Cc1ccc(Br)cc1)C(C)C(=O)NC(C)C)S(=O)(=O)c1ccccc1. The van der Waals surface area contributed by atoms with Crippen LogP contribution >= 0.6 is 15.9 Å². The van der Waals surface area contributed by atoms with Crippen LogP contribution in [0.5, 0.6) is 5.75 Å². The quantitative estimate of drug-likeness (QED) is 0.347. The molecular formula is C28H32BrN3O5S. The second-order valence-electron chi connectivity index (χ2n) is 8.98. The van der Waals surface area contributed by atoms with Crippen LogP contribution in [-0.4, -0.2) is 50.9 Å². The summed E-state index contributed by atoms with van der Waals surface area (Å²) in [6.07, 6.45) is 0. The summed E-state index contributed by atoms with van der Waals surface area (Å²) in [5, 5.41) is 2.84. The third-order valence-electron chi connectivity index (χ3n) is 5.83. The number of anilines is 1. The minimum absolute atomic E-state index is 0.0313. The number of methoxy groups -OCH3 is 1. The van der Waals surface area contributed by atoms with Crippen LogP contribution in [0.15, 0.2) is 88.2 Å². The zero-order valence-electron chi connectivity index (χ0n) is 21.8. The van der Waals surface area contributed by atoms with Gasteiger partial charge >= 0.3 is 0 Å². The van der Waals surface area contributed by atoms with Gasteiger partial charge in [-0.2, -0.15) is 0 Å². The Morgan fingerprint density at radius 2 is 1.53 bits per heavy atom. The number of amides is 2. The Morgan fingerprint density at radius 3 is 2.13 bits per heavy atom. The van der Waals surface area contributed by atoms with Gasteiger partial charge in [0.05, 0.1) is 17.7 Å². The number of rotatable bonds is 11. The van der Waals surface area contributed by atoms with Crippen molar-refractivity contribution in [3.05, 3.63) is 88.9 Å². The van der Waals surface area contributed by atoms with Gasteiger partial charge in [0.1, 0.15) is 18.3 Å². The summed E-state index contributed by atoms with van der Waals surface area (Å²) >= 11 is 3.41. The number of nitrogens with one attached hydrogen (secondary N) is 1. The van der Waals surface area contributed by atoms with E-state index in [0.29, 0.717) is 5.75 Å². The Bertz CT molecular complexity index is 1350. The highest BCUT2D eigenvalue weighted by atomic mass is 79.9. The van der Waals surface area contributed by atoms with Crippen molar-refractivity contribution in [1.29, 1.82) is 0 Å². The van der Waals surface area contributed by atoms with Crippen molar-refractivity contribution in [2.45, 2.75) is 44.3 Å². The van der Waals surface area contributed by atoms with E-state index in [1.165, 1.54) is 24.1 Å². The van der Waals surface area contributed by atoms with Crippen LogP contribution in [0.25, 0.3) is 0 Å². The molecular weight excluding hydrogens is 570 g/mol. The lowest BCUT2D eigenvalue weighted by molar-refractivity contribution is -0.139. The molecule has 0 aromatic heterocycles. The molecule has 0 aliphatic rings. The van der Waals surface area contributed by atoms with Crippen molar-refractivity contribution in [1.82, 2.24) is 10.2 Å². The summed E-state index contributed by atoms with van der Waals surface area (Å²) in [6.45, 7) is 4.88. The highest BCUT2D eigenvalue weighted by Gasteiger charge is 2.33. The summed E-state index contributed by atoms with van der Waals surface area (Å²) in [6, 6.07) is 20.9. The van der Waals surface area contributed by atoms with Gasteiger partial charge in [0, 0.05) is 17.1 Å². The minimum Gasteiger partial charge on any atom is -0.495 e. The number of hydrogen-bond donors (Lipinski definition) is 1. The summed E-state index contributed by atoms with van der Waals surface area (Å²) in [4.78, 5) is 28.3. The maximum atomic E-state index is 13.9. The molecule has 0 saturated heterocycles. The fraction of sp³-hybridized carbons (Fsp3) is 0.286. The second-order valence-corrected chi connectivity index (χ2v) is 11.8. The van der Waals surface area contributed by atoms with Crippen molar-refractivity contribution in [2.75, 3.05) is 18.0 Å². The monoisotopic (exact) mass is 601 g/mol. The molecule has 0 aliphatic heterocycles. The maximum absolute atomic E-state index is 13.9. The van der Waals surface area contributed by atoms with E-state index in [1.54, 1.807) is 49.4 Å². The van der Waals surface area contributed by atoms with Gasteiger partial charge in [-0.3, -0.25) is 13.9 Å². The lowest BCUT2D eigenvalue weighted by Gasteiger charge is -2.32. The van der Waals surface area contributed by atoms with Gasteiger partial charge in [-0.25, -0.2) is 8.42 Å². The van der Waals surface area contributed by atoms with E-state index in [9.17, 15) is 18.0 Å². The van der Waals surface area contributed by atoms with E-state index in [2.05, 4.69) is 21.2 Å². The predicted octanol–water partition coefficient (Wildman–Crippen LogP) is 4.59. The Morgan fingerprint density at radius 1 is 0.921 bits per heavy atom. The first kappa shape index (κ1) is 29.2. The van der Waals surface area contributed by atoms with E-state index >= 15 is 0 Å². The number of benzene rings is 3. The van der Waals surface area contributed by atoms with Crippen LogP contribution in [0, 0.1) is 0 Å². The summed E-state index contributed by atoms with van der Waals surface area (Å²) in [7, 11) is -2.72. The third-order valence-corrected chi connectivity index (χ3v) is 8.13. The van der Waals surface area contributed by atoms with Gasteiger partial charge < -0.3 is 15.0 Å². The molecule has 1 unspecified atom stereocenters. The molecule has 3 aromatic carbocycles. The molecule has 2 amide bonds. The molecule has 0 aliphatic carbocycles. The third kappa shape index (κ3) is 7.14. The van der Waals surface area contributed by atoms with E-state index < -0.39 is 28.5 Å². The average molecular weight is 603 g/mol. The van der Waals surface area contributed by atoms with Crippen molar-refractivity contribution in [3.63, 3.8) is 0 Å². The number of carbonyl (C=O) groups excluding carboxylic acids is 2. The van der Waals surface area contributed by atoms with Crippen LogP contribution in [0.2, 0.25) is 0 Å². The van der Waals surface area contributed by atoms with Crippen molar-refractivity contribution >= 4 is 43.5 Å². The molecule has 0 saturated carbocycles. The Hall–Kier alpha value is -3.37. The predicted molar refractivity (Wildman–Crippen MR) is 151 cm³/mol. The van der Waals surface area contributed by atoms with Crippen molar-refractivity contribution < 1.29 is 22.7 Å². The molecule has 0 radical (unpaired) electrons. The van der Waals surface area contributed by atoms with Gasteiger partial charge in [-0.05, 0) is 62.7 Å². The number of sulfonamides is 1. The maximum Gasteiger partial charge on any atom is 0.264 e. The standard InChI is InChI=1S/C28H32BrN3O5S/c1-20(2)30-28(34)21(3)31(18-22-14-16-23(29)17-15-22)27(33)19-32(25-12-8-9-13-26(25)37-4)38(35,36)24-10-6-5-7-11-24/h5-17,20-21H,18-19H2,1-4H3,(H,30,34). The molecule has 0 heterocycles. The number of hydrogen-bond acceptors (Lipinski definition) is 5. The molecule has 8 nitrogen and oxygen atoms in total. The fourth-order valence-corrected chi connectivity index (χ4v) is 5.55. The number of halogens is 1. The lowest BCUT2D eigenvalue weighted by Crippen LogP contribution is -2.52. The van der Waals surface area contributed by atoms with Gasteiger partial charge in [-0.15, -0.1) is 0 Å². The largest absolute Gasteiger partial charge is 0.495 e. The topological polar surface area (TPSA) is 96.0 Å². The first-order chi connectivity index (χ1) is 18.0. The summed E-state index contributed by atoms with van der Waals surface area (Å²) in [5.41, 5.74) is 1.01. The number of carbonyl (C=O) groups is 2. The number of nitrogens with zero attached hydrogens (tertiary/aromatic N) is 2. The van der Waals surface area contributed by atoms with Crippen molar-refractivity contribution in [2.24, 2.45) is 0 Å². The van der Waals surface area contributed by atoms with E-state index in [0.717, 1.165) is 14.3 Å². The van der Waals surface area contributed by atoms with E-state index in [4.69, 9.17) is 4.74 Å². The molecule has 1 atom stereocenters. The highest BCUT2D eigenvalue weighted by Crippen LogP contribution is 2.32. The van der Waals surface area contributed by atoms with Gasteiger partial charge in [0.2, 0.25) is 11.8 Å². The molecule has 10 heteroatoms.